The molecule has 200 valence electrons. The van der Waals surface area contributed by atoms with Crippen LogP contribution in [0.3, 0.4) is 0 Å². The van der Waals surface area contributed by atoms with Crippen molar-refractivity contribution in [2.75, 3.05) is 26.5 Å². The minimum atomic E-state index is -0.150. The summed E-state index contributed by atoms with van der Waals surface area (Å²) in [6.07, 6.45) is 2.78. The maximum Gasteiger partial charge on any atom is 0.242 e. The first-order valence-electron chi connectivity index (χ1n) is 13.2. The molecule has 1 fully saturated rings. The Morgan fingerprint density at radius 3 is 2.50 bits per heavy atom. The number of nitrogens with zero attached hydrogens (tertiary/aromatic N) is 2. The number of benzene rings is 2. The molecule has 1 unspecified atom stereocenters. The second-order valence-electron chi connectivity index (χ2n) is 9.84. The van der Waals surface area contributed by atoms with Crippen LogP contribution in [-0.2, 0) is 33.8 Å². The van der Waals surface area contributed by atoms with Gasteiger partial charge >= 0.3 is 0 Å². The maximum absolute atomic E-state index is 13.7. The van der Waals surface area contributed by atoms with E-state index in [9.17, 15) is 9.59 Å². The van der Waals surface area contributed by atoms with E-state index in [1.807, 2.05) is 67.6 Å². The first-order valence-corrected chi connectivity index (χ1v) is 13.2. The standard InChI is InChI=1S/C30H34N2O6/c1-22-9-12-26(38-22)19-31(17-24-10-13-27-28(16-24)37-21-36-27)30(34)20-32(18-25-8-5-15-35-25)29(33)14-11-23-6-3-2-4-7-23/h2-4,6-7,9-10,12-13,16,25H,5,8,11,14-15,17-21H2,1H3. The van der Waals surface area contributed by atoms with Crippen LogP contribution in [0.15, 0.2) is 65.1 Å². The third-order valence-electron chi connectivity index (χ3n) is 6.90. The Bertz CT molecular complexity index is 1230. The summed E-state index contributed by atoms with van der Waals surface area (Å²) >= 11 is 0. The predicted octanol–water partition coefficient (Wildman–Crippen LogP) is 4.49. The van der Waals surface area contributed by atoms with Crippen LogP contribution in [0.25, 0.3) is 0 Å². The molecule has 3 aromatic rings. The van der Waals surface area contributed by atoms with Gasteiger partial charge in [-0.25, -0.2) is 0 Å². The van der Waals surface area contributed by atoms with Crippen molar-refractivity contribution >= 4 is 11.8 Å². The van der Waals surface area contributed by atoms with Crippen LogP contribution >= 0.6 is 0 Å². The van der Waals surface area contributed by atoms with Crippen LogP contribution in [0.1, 0.15) is 41.9 Å². The summed E-state index contributed by atoms with van der Waals surface area (Å²) in [6, 6.07) is 19.4. The third-order valence-corrected chi connectivity index (χ3v) is 6.90. The number of hydrogen-bond acceptors (Lipinski definition) is 6. The Kier molecular flexibility index (Phi) is 8.28. The summed E-state index contributed by atoms with van der Waals surface area (Å²) in [7, 11) is 0. The Labute approximate surface area is 223 Å². The number of aryl methyl sites for hydroxylation is 2. The first kappa shape index (κ1) is 25.9. The highest BCUT2D eigenvalue weighted by Crippen LogP contribution is 2.33. The summed E-state index contributed by atoms with van der Waals surface area (Å²) < 4.78 is 22.6. The topological polar surface area (TPSA) is 81.5 Å². The van der Waals surface area contributed by atoms with E-state index in [1.165, 1.54) is 0 Å². The van der Waals surface area contributed by atoms with Crippen LogP contribution in [0, 0.1) is 6.92 Å². The van der Waals surface area contributed by atoms with Gasteiger partial charge in [-0.15, -0.1) is 0 Å². The highest BCUT2D eigenvalue weighted by molar-refractivity contribution is 5.85. The summed E-state index contributed by atoms with van der Waals surface area (Å²) in [4.78, 5) is 30.5. The minimum Gasteiger partial charge on any atom is -0.464 e. The average Bonchev–Trinajstić information content (AvgIpc) is 3.69. The Balaban J connectivity index is 1.31. The Morgan fingerprint density at radius 2 is 1.74 bits per heavy atom. The van der Waals surface area contributed by atoms with Crippen molar-refractivity contribution in [3.63, 3.8) is 0 Å². The lowest BCUT2D eigenvalue weighted by Gasteiger charge is -2.29. The SMILES string of the molecule is Cc1ccc(CN(Cc2ccc3c(c2)OCO3)C(=O)CN(CC2CCCO2)C(=O)CCc2ccccc2)o1. The molecule has 2 aliphatic rings. The van der Waals surface area contributed by atoms with Crippen LogP contribution in [0.4, 0.5) is 0 Å². The van der Waals surface area contributed by atoms with Crippen molar-refractivity contribution in [1.82, 2.24) is 9.80 Å². The zero-order valence-corrected chi connectivity index (χ0v) is 21.8. The lowest BCUT2D eigenvalue weighted by atomic mass is 10.1. The van der Waals surface area contributed by atoms with Crippen molar-refractivity contribution in [2.45, 2.75) is 51.8 Å². The number of rotatable bonds is 11. The zero-order valence-electron chi connectivity index (χ0n) is 21.8. The number of carbonyl (C=O) groups is 2. The van der Waals surface area contributed by atoms with Gasteiger partial charge in [0.1, 0.15) is 11.5 Å². The van der Waals surface area contributed by atoms with Crippen molar-refractivity contribution in [3.8, 4) is 11.5 Å². The minimum absolute atomic E-state index is 0.0161. The van der Waals surface area contributed by atoms with Crippen molar-refractivity contribution in [1.29, 1.82) is 0 Å². The van der Waals surface area contributed by atoms with Gasteiger partial charge in [0, 0.05) is 26.1 Å². The summed E-state index contributed by atoms with van der Waals surface area (Å²) in [6.45, 7) is 3.81. The number of hydrogen-bond donors (Lipinski definition) is 0. The van der Waals surface area contributed by atoms with Crippen LogP contribution < -0.4 is 9.47 Å². The van der Waals surface area contributed by atoms with Gasteiger partial charge in [0.25, 0.3) is 0 Å². The van der Waals surface area contributed by atoms with E-state index in [2.05, 4.69) is 0 Å². The molecule has 2 aromatic carbocycles. The lowest BCUT2D eigenvalue weighted by molar-refractivity contribution is -0.142. The quantitative estimate of drug-likeness (QED) is 0.372. The largest absolute Gasteiger partial charge is 0.464 e. The summed E-state index contributed by atoms with van der Waals surface area (Å²) in [5.41, 5.74) is 2.01. The average molecular weight is 519 g/mol. The Morgan fingerprint density at radius 1 is 0.895 bits per heavy atom. The van der Waals surface area contributed by atoms with E-state index in [-0.39, 0.29) is 31.3 Å². The van der Waals surface area contributed by atoms with Crippen molar-refractivity contribution < 1.29 is 28.2 Å². The molecular weight excluding hydrogens is 484 g/mol. The van der Waals surface area contributed by atoms with Crippen LogP contribution in [-0.4, -0.2) is 54.2 Å². The van der Waals surface area contributed by atoms with E-state index in [0.29, 0.717) is 56.3 Å². The zero-order chi connectivity index (χ0) is 26.3. The molecule has 1 atom stereocenters. The number of amides is 2. The molecule has 1 aromatic heterocycles. The summed E-state index contributed by atoms with van der Waals surface area (Å²) in [5.74, 6) is 2.64. The van der Waals surface area contributed by atoms with Gasteiger partial charge in [0.2, 0.25) is 18.6 Å². The Hall–Kier alpha value is -3.78. The van der Waals surface area contributed by atoms with E-state index >= 15 is 0 Å². The molecule has 0 spiro atoms. The van der Waals surface area contributed by atoms with Gasteiger partial charge in [0.05, 0.1) is 19.2 Å². The molecule has 8 nitrogen and oxygen atoms in total. The summed E-state index contributed by atoms with van der Waals surface area (Å²) in [5, 5.41) is 0. The molecule has 5 rings (SSSR count). The van der Waals surface area contributed by atoms with Gasteiger partial charge in [-0.05, 0) is 61.6 Å². The molecule has 0 N–H and O–H groups in total. The fourth-order valence-electron chi connectivity index (χ4n) is 4.86. The smallest absolute Gasteiger partial charge is 0.242 e. The molecule has 3 heterocycles. The van der Waals surface area contributed by atoms with Crippen LogP contribution in [0.2, 0.25) is 0 Å². The second-order valence-corrected chi connectivity index (χ2v) is 9.84. The molecule has 2 amide bonds. The predicted molar refractivity (Wildman–Crippen MR) is 141 cm³/mol. The van der Waals surface area contributed by atoms with Crippen molar-refractivity contribution in [3.05, 3.63) is 83.3 Å². The number of fused-ring (bicyclic) bond motifs is 1. The highest BCUT2D eigenvalue weighted by Gasteiger charge is 2.27. The molecule has 0 radical (unpaired) electrons. The number of furan rings is 1. The van der Waals surface area contributed by atoms with E-state index < -0.39 is 0 Å². The van der Waals surface area contributed by atoms with Gasteiger partial charge in [-0.3, -0.25) is 9.59 Å². The first-order chi connectivity index (χ1) is 18.5. The second kappa shape index (κ2) is 12.2. The van der Waals surface area contributed by atoms with Gasteiger partial charge in [-0.1, -0.05) is 36.4 Å². The monoisotopic (exact) mass is 518 g/mol. The molecule has 0 aliphatic carbocycles. The number of ether oxygens (including phenoxy) is 3. The molecule has 8 heteroatoms. The molecule has 1 saturated heterocycles. The van der Waals surface area contributed by atoms with Gasteiger partial charge in [-0.2, -0.15) is 0 Å². The van der Waals surface area contributed by atoms with Crippen LogP contribution in [0.5, 0.6) is 11.5 Å². The van der Waals surface area contributed by atoms with E-state index in [4.69, 9.17) is 18.6 Å². The number of carbonyl (C=O) groups excluding carboxylic acids is 2. The molecule has 0 saturated carbocycles. The fraction of sp³-hybridized carbons (Fsp3) is 0.400. The van der Waals surface area contributed by atoms with E-state index in [0.717, 1.165) is 29.7 Å². The maximum atomic E-state index is 13.7. The van der Waals surface area contributed by atoms with Crippen molar-refractivity contribution in [2.24, 2.45) is 0 Å². The van der Waals surface area contributed by atoms with Gasteiger partial charge < -0.3 is 28.4 Å². The third kappa shape index (κ3) is 6.75. The van der Waals surface area contributed by atoms with Gasteiger partial charge in [0.15, 0.2) is 11.5 Å². The lowest BCUT2D eigenvalue weighted by Crippen LogP contribution is -2.45. The molecule has 2 aliphatic heterocycles. The fourth-order valence-corrected chi connectivity index (χ4v) is 4.86. The molecule has 38 heavy (non-hydrogen) atoms. The van der Waals surface area contributed by atoms with E-state index in [1.54, 1.807) is 9.80 Å². The highest BCUT2D eigenvalue weighted by atomic mass is 16.7. The molecular formula is C30H34N2O6. The normalized spacial score (nSPS) is 16.0. The molecule has 0 bridgehead atoms.